The van der Waals surface area contributed by atoms with Crippen LogP contribution in [-0.4, -0.2) is 0 Å². The Balaban J connectivity index is 2.29. The predicted octanol–water partition coefficient (Wildman–Crippen LogP) is 3.58. The number of nitrogens with one attached hydrogen (secondary N) is 1. The predicted molar refractivity (Wildman–Crippen MR) is 80.6 cm³/mol. The maximum atomic E-state index is 13.0. The summed E-state index contributed by atoms with van der Waals surface area (Å²) in [5, 5.41) is 0. The summed E-state index contributed by atoms with van der Waals surface area (Å²) >= 11 is 0. The number of hydrogen-bond acceptors (Lipinski definition) is 2. The van der Waals surface area contributed by atoms with E-state index in [0.717, 1.165) is 17.5 Å². The van der Waals surface area contributed by atoms with Crippen LogP contribution in [0.4, 0.5) is 4.39 Å². The molecular weight excluding hydrogens is 251 g/mol. The molecule has 20 heavy (non-hydrogen) atoms. The zero-order valence-electron chi connectivity index (χ0n) is 11.9. The van der Waals surface area contributed by atoms with E-state index in [4.69, 9.17) is 5.84 Å². The lowest BCUT2D eigenvalue weighted by molar-refractivity contribution is 0.613. The van der Waals surface area contributed by atoms with Crippen molar-refractivity contribution in [3.63, 3.8) is 0 Å². The van der Waals surface area contributed by atoms with Gasteiger partial charge in [0, 0.05) is 0 Å². The molecule has 0 aromatic heterocycles. The zero-order chi connectivity index (χ0) is 14.5. The van der Waals surface area contributed by atoms with Gasteiger partial charge in [0.25, 0.3) is 0 Å². The van der Waals surface area contributed by atoms with E-state index in [-0.39, 0.29) is 11.9 Å². The Morgan fingerprint density at radius 2 is 1.75 bits per heavy atom. The van der Waals surface area contributed by atoms with Crippen molar-refractivity contribution in [3.05, 3.63) is 71.0 Å². The van der Waals surface area contributed by atoms with E-state index < -0.39 is 0 Å². The summed E-state index contributed by atoms with van der Waals surface area (Å²) in [6, 6.07) is 14.7. The number of rotatable bonds is 5. The summed E-state index contributed by atoms with van der Waals surface area (Å²) in [6.07, 6.45) is 1.04. The first-order valence-corrected chi connectivity index (χ1v) is 6.90. The molecule has 0 amide bonds. The number of hydrazine groups is 1. The number of nitrogens with two attached hydrogens (primary N) is 1. The molecule has 106 valence electrons. The highest BCUT2D eigenvalue weighted by Gasteiger charge is 2.13. The fourth-order valence-corrected chi connectivity index (χ4v) is 2.41. The lowest BCUT2D eigenvalue weighted by Gasteiger charge is -2.18. The molecule has 1 unspecified atom stereocenters. The summed E-state index contributed by atoms with van der Waals surface area (Å²) in [5.41, 5.74) is 6.15. The van der Waals surface area contributed by atoms with Crippen LogP contribution in [0.5, 0.6) is 0 Å². The van der Waals surface area contributed by atoms with E-state index in [2.05, 4.69) is 31.4 Å². The van der Waals surface area contributed by atoms with Crippen molar-refractivity contribution >= 4 is 0 Å². The first-order chi connectivity index (χ1) is 9.60. The van der Waals surface area contributed by atoms with Crippen LogP contribution in [0.15, 0.2) is 48.5 Å². The van der Waals surface area contributed by atoms with Crippen molar-refractivity contribution in [2.75, 3.05) is 0 Å². The number of benzene rings is 2. The molecule has 1 atom stereocenters. The maximum absolute atomic E-state index is 13.0. The molecule has 0 spiro atoms. The van der Waals surface area contributed by atoms with Gasteiger partial charge in [-0.15, -0.1) is 0 Å². The van der Waals surface area contributed by atoms with E-state index in [0.29, 0.717) is 5.92 Å². The largest absolute Gasteiger partial charge is 0.271 e. The molecule has 0 aliphatic rings. The molecule has 0 saturated heterocycles. The van der Waals surface area contributed by atoms with Gasteiger partial charge in [-0.3, -0.25) is 5.84 Å². The lowest BCUT2D eigenvalue weighted by atomic mass is 9.95. The quantitative estimate of drug-likeness (QED) is 0.645. The van der Waals surface area contributed by atoms with Crippen molar-refractivity contribution < 1.29 is 4.39 Å². The van der Waals surface area contributed by atoms with Crippen molar-refractivity contribution in [1.82, 2.24) is 5.43 Å². The molecule has 2 nitrogen and oxygen atoms in total. The maximum Gasteiger partial charge on any atom is 0.123 e. The molecule has 3 heteroatoms. The van der Waals surface area contributed by atoms with Crippen LogP contribution in [-0.2, 0) is 6.42 Å². The van der Waals surface area contributed by atoms with E-state index in [9.17, 15) is 4.39 Å². The SMILES string of the molecule is CC(C)Cc1cccc(C(NN)c2ccc(F)cc2)c1. The lowest BCUT2D eigenvalue weighted by Crippen LogP contribution is -2.28. The van der Waals surface area contributed by atoms with Gasteiger partial charge < -0.3 is 0 Å². The van der Waals surface area contributed by atoms with Crippen molar-refractivity contribution in [1.29, 1.82) is 0 Å². The van der Waals surface area contributed by atoms with Crippen molar-refractivity contribution in [2.24, 2.45) is 11.8 Å². The molecule has 0 aliphatic heterocycles. The molecule has 0 radical (unpaired) electrons. The molecule has 0 heterocycles. The molecule has 0 fully saturated rings. The van der Waals surface area contributed by atoms with Gasteiger partial charge in [0.15, 0.2) is 0 Å². The van der Waals surface area contributed by atoms with Gasteiger partial charge in [-0.1, -0.05) is 50.2 Å². The second kappa shape index (κ2) is 6.64. The highest BCUT2D eigenvalue weighted by Crippen LogP contribution is 2.23. The Hall–Kier alpha value is -1.71. The van der Waals surface area contributed by atoms with Gasteiger partial charge in [-0.25, -0.2) is 9.82 Å². The summed E-state index contributed by atoms with van der Waals surface area (Å²) in [4.78, 5) is 0. The molecular formula is C17H21FN2. The van der Waals surface area contributed by atoms with Gasteiger partial charge in [0.2, 0.25) is 0 Å². The van der Waals surface area contributed by atoms with Crippen LogP contribution in [0, 0.1) is 11.7 Å². The molecule has 0 saturated carbocycles. The minimum absolute atomic E-state index is 0.122. The second-order valence-electron chi connectivity index (χ2n) is 5.49. The van der Waals surface area contributed by atoms with Gasteiger partial charge in [0.1, 0.15) is 5.82 Å². The van der Waals surface area contributed by atoms with E-state index in [1.54, 1.807) is 12.1 Å². The fourth-order valence-electron chi connectivity index (χ4n) is 2.41. The van der Waals surface area contributed by atoms with Crippen LogP contribution < -0.4 is 11.3 Å². The number of hydrogen-bond donors (Lipinski definition) is 2. The van der Waals surface area contributed by atoms with E-state index >= 15 is 0 Å². The van der Waals surface area contributed by atoms with Crippen molar-refractivity contribution in [2.45, 2.75) is 26.3 Å². The minimum Gasteiger partial charge on any atom is -0.271 e. The summed E-state index contributed by atoms with van der Waals surface area (Å²) < 4.78 is 13.0. The second-order valence-corrected chi connectivity index (χ2v) is 5.49. The van der Waals surface area contributed by atoms with Crippen LogP contribution in [0.3, 0.4) is 0 Å². The topological polar surface area (TPSA) is 38.0 Å². The Labute approximate surface area is 119 Å². The summed E-state index contributed by atoms with van der Waals surface area (Å²) in [5.74, 6) is 6.06. The Kier molecular flexibility index (Phi) is 4.88. The van der Waals surface area contributed by atoms with E-state index in [1.807, 2.05) is 12.1 Å². The van der Waals surface area contributed by atoms with Crippen LogP contribution in [0.25, 0.3) is 0 Å². The van der Waals surface area contributed by atoms with Crippen LogP contribution in [0.1, 0.15) is 36.6 Å². The third-order valence-electron chi connectivity index (χ3n) is 3.30. The highest BCUT2D eigenvalue weighted by atomic mass is 19.1. The summed E-state index contributed by atoms with van der Waals surface area (Å²) in [7, 11) is 0. The average Bonchev–Trinajstić information content (AvgIpc) is 2.41. The van der Waals surface area contributed by atoms with E-state index in [1.165, 1.54) is 17.7 Å². The molecule has 2 aromatic carbocycles. The molecule has 3 N–H and O–H groups in total. The third-order valence-corrected chi connectivity index (χ3v) is 3.30. The Morgan fingerprint density at radius 3 is 2.35 bits per heavy atom. The Morgan fingerprint density at radius 1 is 1.05 bits per heavy atom. The third kappa shape index (κ3) is 3.65. The molecule has 2 aromatic rings. The zero-order valence-corrected chi connectivity index (χ0v) is 11.9. The monoisotopic (exact) mass is 272 g/mol. The molecule has 0 bridgehead atoms. The standard InChI is InChI=1S/C17H21FN2/c1-12(2)10-13-4-3-5-15(11-13)17(20-19)14-6-8-16(18)9-7-14/h3-9,11-12,17,20H,10,19H2,1-2H3. The molecule has 2 rings (SSSR count). The average molecular weight is 272 g/mol. The highest BCUT2D eigenvalue weighted by molar-refractivity contribution is 5.34. The van der Waals surface area contributed by atoms with Gasteiger partial charge >= 0.3 is 0 Å². The van der Waals surface area contributed by atoms with Crippen molar-refractivity contribution in [3.8, 4) is 0 Å². The van der Waals surface area contributed by atoms with Crippen LogP contribution in [0.2, 0.25) is 0 Å². The number of halogens is 1. The van der Waals surface area contributed by atoms with Gasteiger partial charge in [-0.05, 0) is 41.2 Å². The van der Waals surface area contributed by atoms with Gasteiger partial charge in [0.05, 0.1) is 6.04 Å². The first-order valence-electron chi connectivity index (χ1n) is 6.90. The Bertz CT molecular complexity index is 549. The minimum atomic E-state index is -0.238. The smallest absolute Gasteiger partial charge is 0.123 e. The normalized spacial score (nSPS) is 12.7. The fraction of sp³-hybridized carbons (Fsp3) is 0.294. The first kappa shape index (κ1) is 14.7. The van der Waals surface area contributed by atoms with Gasteiger partial charge in [-0.2, -0.15) is 0 Å². The molecule has 0 aliphatic carbocycles. The van der Waals surface area contributed by atoms with Crippen LogP contribution >= 0.6 is 0 Å². The summed E-state index contributed by atoms with van der Waals surface area (Å²) in [6.45, 7) is 4.40.